The molecule has 7 heteroatoms. The van der Waals surface area contributed by atoms with Gasteiger partial charge in [-0.3, -0.25) is 9.59 Å². The van der Waals surface area contributed by atoms with E-state index in [4.69, 9.17) is 33.4 Å². The number of aliphatic hydroxyl groups excluding tert-OH is 2. The molecule has 0 atom stereocenters. The molecule has 0 aliphatic heterocycles. The number of carbonyl (C=O) groups excluding carboxylic acids is 2. The number of aliphatic hydroxyl groups is 2. The summed E-state index contributed by atoms with van der Waals surface area (Å²) in [5.41, 5.74) is 0. The van der Waals surface area contributed by atoms with Gasteiger partial charge in [0.1, 0.15) is 10.1 Å². The van der Waals surface area contributed by atoms with Gasteiger partial charge in [-0.15, -0.1) is 0 Å². The van der Waals surface area contributed by atoms with Gasteiger partial charge in [0.15, 0.2) is 11.5 Å². The van der Waals surface area contributed by atoms with Gasteiger partial charge >= 0.3 is 39.9 Å². The van der Waals surface area contributed by atoms with Gasteiger partial charge in [-0.25, -0.2) is 0 Å². The molecule has 1 rings (SSSR count). The van der Waals surface area contributed by atoms with E-state index in [9.17, 15) is 9.59 Å². The van der Waals surface area contributed by atoms with Crippen LogP contribution in [0.5, 0.6) is 0 Å². The van der Waals surface area contributed by atoms with Crippen molar-refractivity contribution >= 4 is 34.8 Å². The smallest absolute Gasteiger partial charge is 0.503 e. The van der Waals surface area contributed by atoms with Gasteiger partial charge in [0.25, 0.3) is 0 Å². The van der Waals surface area contributed by atoms with E-state index in [1.807, 2.05) is 0 Å². The van der Waals surface area contributed by atoms with Crippen LogP contribution in [0.4, 0.5) is 0 Å². The van der Waals surface area contributed by atoms with Crippen LogP contribution < -0.4 is 0 Å². The van der Waals surface area contributed by atoms with E-state index in [0.29, 0.717) is 0 Å². The Morgan fingerprint density at radius 2 is 1.08 bits per heavy atom. The van der Waals surface area contributed by atoms with Crippen LogP contribution in [0.15, 0.2) is 21.6 Å². The van der Waals surface area contributed by atoms with Gasteiger partial charge in [-0.05, 0) is 0 Å². The summed E-state index contributed by atoms with van der Waals surface area (Å²) < 4.78 is 0. The Morgan fingerprint density at radius 1 is 0.846 bits per heavy atom. The molecule has 0 aromatic rings. The summed E-state index contributed by atoms with van der Waals surface area (Å²) in [4.78, 5) is 21.6. The maximum Gasteiger partial charge on any atom is 4.00 e. The van der Waals surface area contributed by atoms with Crippen molar-refractivity contribution in [2.24, 2.45) is 0 Å². The number of Topliss-reactive ketones (excluding diaryl/α,β-unsaturated/α-hetero) is 2. The minimum atomic E-state index is -1.06. The van der Waals surface area contributed by atoms with Crippen molar-refractivity contribution < 1.29 is 59.7 Å². The molecule has 13 heavy (non-hydrogen) atoms. The van der Waals surface area contributed by atoms with E-state index in [-0.39, 0.29) is 39.9 Å². The third kappa shape index (κ3) is 2.22. The Kier molecular flexibility index (Phi) is 4.82. The van der Waals surface area contributed by atoms with E-state index in [0.717, 1.165) is 0 Å². The fraction of sp³-hybridized carbons (Fsp3) is 0. The number of ketones is 2. The van der Waals surface area contributed by atoms with Crippen LogP contribution in [0.3, 0.4) is 0 Å². The number of halogens is 2. The zero-order valence-electron chi connectivity index (χ0n) is 5.97. The Morgan fingerprint density at radius 3 is 1.31 bits per heavy atom. The second-order valence-corrected chi connectivity index (χ2v) is 2.74. The standard InChI is InChI=1S/C6H2Cl2O4.Th/c7-1-3(9)5(11)2(8)6(12)4(1)10;/h9,12H;/q;+4. The Balaban J connectivity index is 0.00000144. The molecule has 0 bridgehead atoms. The number of allylic oxidation sites excluding steroid dienone is 2. The van der Waals surface area contributed by atoms with Crippen molar-refractivity contribution in [1.29, 1.82) is 0 Å². The molecule has 0 radical (unpaired) electrons. The van der Waals surface area contributed by atoms with E-state index in [1.165, 1.54) is 0 Å². The zero-order valence-corrected chi connectivity index (χ0v) is 11.6. The number of hydrogen-bond donors (Lipinski definition) is 2. The number of rotatable bonds is 0. The normalized spacial score (nSPS) is 17.7. The molecule has 1 aliphatic carbocycles. The first-order valence-corrected chi connectivity index (χ1v) is 3.49. The van der Waals surface area contributed by atoms with Gasteiger partial charge in [0, 0.05) is 0 Å². The monoisotopic (exact) mass is 440 g/mol. The summed E-state index contributed by atoms with van der Waals surface area (Å²) >= 11 is 10.4. The van der Waals surface area contributed by atoms with Crippen molar-refractivity contribution in [3.63, 3.8) is 0 Å². The van der Waals surface area contributed by atoms with Crippen molar-refractivity contribution in [3.8, 4) is 0 Å². The predicted molar refractivity (Wildman–Crippen MR) is 41.0 cm³/mol. The molecule has 0 spiro atoms. The molecule has 0 fully saturated rings. The first-order chi connectivity index (χ1) is 5.46. The largest absolute Gasteiger partial charge is 4.00 e. The fourth-order valence-electron chi connectivity index (χ4n) is 0.622. The average molecular weight is 441 g/mol. The molecule has 0 saturated heterocycles. The van der Waals surface area contributed by atoms with E-state index >= 15 is 0 Å². The van der Waals surface area contributed by atoms with Gasteiger partial charge in [0.05, 0.1) is 0 Å². The molecule has 0 saturated carbocycles. The summed E-state index contributed by atoms with van der Waals surface area (Å²) in [5, 5.41) is 16.3. The molecule has 1 aliphatic rings. The average Bonchev–Trinajstić information content (AvgIpc) is 2.08. The van der Waals surface area contributed by atoms with E-state index in [1.54, 1.807) is 0 Å². The second-order valence-electron chi connectivity index (χ2n) is 1.98. The predicted octanol–water partition coefficient (Wildman–Crippen LogP) is 1.16. The first kappa shape index (κ1) is 13.3. The molecule has 0 amide bonds. The van der Waals surface area contributed by atoms with Gasteiger partial charge in [0.2, 0.25) is 11.6 Å². The van der Waals surface area contributed by atoms with E-state index < -0.39 is 33.1 Å². The summed E-state index contributed by atoms with van der Waals surface area (Å²) in [5.74, 6) is -3.99. The molecule has 4 nitrogen and oxygen atoms in total. The van der Waals surface area contributed by atoms with Gasteiger partial charge in [-0.2, -0.15) is 0 Å². The van der Waals surface area contributed by atoms with Crippen molar-refractivity contribution in [2.75, 3.05) is 0 Å². The first-order valence-electron chi connectivity index (χ1n) is 2.73. The maximum absolute atomic E-state index is 10.8. The molecule has 0 aromatic carbocycles. The van der Waals surface area contributed by atoms with Crippen molar-refractivity contribution in [3.05, 3.63) is 21.6 Å². The minimum Gasteiger partial charge on any atom is -0.503 e. The zero-order chi connectivity index (χ0) is 9.46. The molecule has 0 aromatic heterocycles. The fourth-order valence-corrected chi connectivity index (χ4v) is 0.973. The van der Waals surface area contributed by atoms with Crippen LogP contribution in [0.1, 0.15) is 0 Å². The summed E-state index contributed by atoms with van der Waals surface area (Å²) in [7, 11) is 0. The van der Waals surface area contributed by atoms with E-state index in [2.05, 4.69) is 0 Å². The summed E-state index contributed by atoms with van der Waals surface area (Å²) in [6, 6.07) is 0. The van der Waals surface area contributed by atoms with Crippen LogP contribution in [-0.4, -0.2) is 21.8 Å². The third-order valence-corrected chi connectivity index (χ3v) is 1.95. The molecular formula is C6H2Cl2O4Th+4. The quantitative estimate of drug-likeness (QED) is 0.554. The van der Waals surface area contributed by atoms with Crippen LogP contribution in [0.2, 0.25) is 0 Å². The minimum absolute atomic E-state index is 0. The maximum atomic E-state index is 10.8. The topological polar surface area (TPSA) is 74.6 Å². The summed E-state index contributed by atoms with van der Waals surface area (Å²) in [6.07, 6.45) is 0. The second kappa shape index (κ2) is 4.71. The van der Waals surface area contributed by atoms with Gasteiger partial charge < -0.3 is 10.2 Å². The third-order valence-electron chi connectivity index (χ3n) is 1.24. The van der Waals surface area contributed by atoms with Crippen LogP contribution in [0, 0.1) is 39.9 Å². The number of carbonyl (C=O) groups is 2. The SMILES string of the molecule is O=C1C(O)=C(Cl)C(=O)C(O)=C1Cl.[Th+4]. The molecule has 64 valence electrons. The Hall–Kier alpha value is 0.325. The molecule has 0 heterocycles. The number of hydrogen-bond acceptors (Lipinski definition) is 4. The Bertz CT molecular complexity index is 283. The van der Waals surface area contributed by atoms with Crippen molar-refractivity contribution in [2.45, 2.75) is 0 Å². The van der Waals surface area contributed by atoms with Crippen LogP contribution in [-0.2, 0) is 9.59 Å². The van der Waals surface area contributed by atoms with Gasteiger partial charge in [-0.1, -0.05) is 23.2 Å². The molecule has 0 unspecified atom stereocenters. The van der Waals surface area contributed by atoms with Crippen LogP contribution >= 0.6 is 23.2 Å². The van der Waals surface area contributed by atoms with Crippen molar-refractivity contribution in [1.82, 2.24) is 0 Å². The molecular weight excluding hydrogens is 439 g/mol. The van der Waals surface area contributed by atoms with Crippen LogP contribution in [0.25, 0.3) is 0 Å². The Labute approximate surface area is 115 Å². The molecule has 2 N–H and O–H groups in total. The summed E-state index contributed by atoms with van der Waals surface area (Å²) in [6.45, 7) is 0.